The van der Waals surface area contributed by atoms with Gasteiger partial charge in [-0.15, -0.1) is 10.2 Å². The van der Waals surface area contributed by atoms with Crippen LogP contribution in [-0.2, 0) is 7.05 Å². The molecule has 1 aromatic heterocycles. The van der Waals surface area contributed by atoms with Gasteiger partial charge in [0.2, 0.25) is 0 Å². The first kappa shape index (κ1) is 13.8. The van der Waals surface area contributed by atoms with Gasteiger partial charge in [-0.1, -0.05) is 23.9 Å². The zero-order valence-corrected chi connectivity index (χ0v) is 12.4. The van der Waals surface area contributed by atoms with Gasteiger partial charge in [-0.05, 0) is 38.0 Å². The van der Waals surface area contributed by atoms with Gasteiger partial charge in [0.25, 0.3) is 0 Å². The van der Waals surface area contributed by atoms with Crippen molar-refractivity contribution in [1.82, 2.24) is 14.8 Å². The summed E-state index contributed by atoms with van der Waals surface area (Å²) in [6, 6.07) is 5.83. The third kappa shape index (κ3) is 3.04. The van der Waals surface area contributed by atoms with Crippen molar-refractivity contribution in [3.8, 4) is 0 Å². The number of aromatic nitrogens is 3. The third-order valence-electron chi connectivity index (χ3n) is 3.11. The van der Waals surface area contributed by atoms with E-state index in [1.807, 2.05) is 50.6 Å². The topological polar surface area (TPSA) is 47.8 Å². The molecule has 4 nitrogen and oxygen atoms in total. The Bertz CT molecular complexity index is 606. The Morgan fingerprint density at radius 2 is 2.05 bits per heavy atom. The van der Waals surface area contributed by atoms with Crippen LogP contribution in [-0.4, -0.2) is 25.8 Å². The summed E-state index contributed by atoms with van der Waals surface area (Å²) in [5, 5.41) is 8.38. The molecular formula is C14H17N3OS. The summed E-state index contributed by atoms with van der Waals surface area (Å²) >= 11 is 1.43. The average Bonchev–Trinajstić information content (AvgIpc) is 2.77. The molecule has 0 radical (unpaired) electrons. The van der Waals surface area contributed by atoms with Crippen LogP contribution in [0.15, 0.2) is 29.7 Å². The molecule has 0 bridgehead atoms. The molecule has 0 aliphatic rings. The summed E-state index contributed by atoms with van der Waals surface area (Å²) in [4.78, 5) is 12.4. The first-order chi connectivity index (χ1) is 8.99. The lowest BCUT2D eigenvalue weighted by Crippen LogP contribution is -2.14. The molecule has 0 amide bonds. The molecule has 5 heteroatoms. The Kier molecular flexibility index (Phi) is 4.04. The number of aryl methyl sites for hydroxylation is 3. The molecule has 0 aliphatic heterocycles. The molecule has 1 atom stereocenters. The highest BCUT2D eigenvalue weighted by Crippen LogP contribution is 2.23. The van der Waals surface area contributed by atoms with E-state index in [-0.39, 0.29) is 11.0 Å². The number of carbonyl (C=O) groups is 1. The molecule has 2 aromatic rings. The zero-order valence-electron chi connectivity index (χ0n) is 11.5. The molecule has 1 aromatic carbocycles. The maximum absolute atomic E-state index is 12.4. The van der Waals surface area contributed by atoms with Gasteiger partial charge < -0.3 is 4.57 Å². The minimum Gasteiger partial charge on any atom is -0.312 e. The number of carbonyl (C=O) groups excluding carboxylic acids is 1. The first-order valence-corrected chi connectivity index (χ1v) is 6.99. The third-order valence-corrected chi connectivity index (χ3v) is 4.26. The van der Waals surface area contributed by atoms with E-state index in [0.29, 0.717) is 0 Å². The highest BCUT2D eigenvalue weighted by Gasteiger charge is 2.19. The summed E-state index contributed by atoms with van der Waals surface area (Å²) < 4.78 is 1.81. The summed E-state index contributed by atoms with van der Waals surface area (Å²) in [5.74, 6) is 0.121. The van der Waals surface area contributed by atoms with E-state index in [2.05, 4.69) is 10.2 Å². The normalized spacial score (nSPS) is 12.4. The number of hydrogen-bond acceptors (Lipinski definition) is 4. The molecule has 0 N–H and O–H groups in total. The summed E-state index contributed by atoms with van der Waals surface area (Å²) in [5.41, 5.74) is 3.09. The van der Waals surface area contributed by atoms with Crippen molar-refractivity contribution in [2.75, 3.05) is 0 Å². The van der Waals surface area contributed by atoms with Crippen LogP contribution >= 0.6 is 11.8 Å². The van der Waals surface area contributed by atoms with Gasteiger partial charge in [0.1, 0.15) is 6.33 Å². The Balaban J connectivity index is 2.15. The van der Waals surface area contributed by atoms with Crippen molar-refractivity contribution < 1.29 is 4.79 Å². The largest absolute Gasteiger partial charge is 0.312 e. The number of thioether (sulfide) groups is 1. The molecule has 1 heterocycles. The van der Waals surface area contributed by atoms with Crippen molar-refractivity contribution in [1.29, 1.82) is 0 Å². The minimum atomic E-state index is -0.176. The quantitative estimate of drug-likeness (QED) is 0.636. The average molecular weight is 275 g/mol. The summed E-state index contributed by atoms with van der Waals surface area (Å²) in [7, 11) is 1.87. The lowest BCUT2D eigenvalue weighted by molar-refractivity contribution is 0.0994. The van der Waals surface area contributed by atoms with Gasteiger partial charge in [-0.3, -0.25) is 4.79 Å². The van der Waals surface area contributed by atoms with E-state index in [1.54, 1.807) is 6.33 Å². The molecule has 0 spiro atoms. The highest BCUT2D eigenvalue weighted by molar-refractivity contribution is 8.00. The predicted molar refractivity (Wildman–Crippen MR) is 76.6 cm³/mol. The van der Waals surface area contributed by atoms with Crippen LogP contribution in [0.2, 0.25) is 0 Å². The van der Waals surface area contributed by atoms with Crippen LogP contribution in [0.5, 0.6) is 0 Å². The fourth-order valence-corrected chi connectivity index (χ4v) is 2.59. The van der Waals surface area contributed by atoms with E-state index in [9.17, 15) is 4.79 Å². The summed E-state index contributed by atoms with van der Waals surface area (Å²) in [6.45, 7) is 5.96. The van der Waals surface area contributed by atoms with Crippen LogP contribution in [0.4, 0.5) is 0 Å². The van der Waals surface area contributed by atoms with Crippen molar-refractivity contribution >= 4 is 17.5 Å². The smallest absolute Gasteiger partial charge is 0.191 e. The van der Waals surface area contributed by atoms with Crippen LogP contribution in [0.1, 0.15) is 28.4 Å². The Labute approximate surface area is 117 Å². The predicted octanol–water partition coefficient (Wildman–Crippen LogP) is 2.80. The van der Waals surface area contributed by atoms with Gasteiger partial charge in [-0.2, -0.15) is 0 Å². The monoisotopic (exact) mass is 275 g/mol. The molecule has 0 aliphatic carbocycles. The molecule has 0 fully saturated rings. The summed E-state index contributed by atoms with van der Waals surface area (Å²) in [6.07, 6.45) is 1.63. The number of Topliss-reactive ketones (excluding diaryl/α,β-unsaturated/α-hetero) is 1. The fraction of sp³-hybridized carbons (Fsp3) is 0.357. The van der Waals surface area contributed by atoms with E-state index < -0.39 is 0 Å². The standard InChI is InChI=1S/C14H17N3OS/c1-9-5-6-12(7-10(9)2)13(18)11(3)19-14-16-15-8-17(14)4/h5-8,11H,1-4H3/t11-/m1/s1. The number of nitrogens with zero attached hydrogens (tertiary/aromatic N) is 3. The Morgan fingerprint density at radius 3 is 2.63 bits per heavy atom. The van der Waals surface area contributed by atoms with Crippen molar-refractivity contribution in [2.24, 2.45) is 7.05 Å². The number of benzene rings is 1. The van der Waals surface area contributed by atoms with Crippen molar-refractivity contribution in [2.45, 2.75) is 31.2 Å². The first-order valence-electron chi connectivity index (χ1n) is 6.11. The van der Waals surface area contributed by atoms with Gasteiger partial charge >= 0.3 is 0 Å². The second-order valence-corrected chi connectivity index (χ2v) is 5.96. The molecule has 0 saturated carbocycles. The Hall–Kier alpha value is -1.62. The number of ketones is 1. The van der Waals surface area contributed by atoms with Crippen LogP contribution < -0.4 is 0 Å². The highest BCUT2D eigenvalue weighted by atomic mass is 32.2. The second-order valence-electron chi connectivity index (χ2n) is 4.65. The minimum absolute atomic E-state index is 0.121. The maximum atomic E-state index is 12.4. The number of hydrogen-bond donors (Lipinski definition) is 0. The maximum Gasteiger partial charge on any atom is 0.191 e. The van der Waals surface area contributed by atoms with Crippen LogP contribution in [0, 0.1) is 13.8 Å². The lowest BCUT2D eigenvalue weighted by Gasteiger charge is -2.10. The molecule has 0 unspecified atom stereocenters. The van der Waals surface area contributed by atoms with Crippen LogP contribution in [0.3, 0.4) is 0 Å². The molecule has 100 valence electrons. The second kappa shape index (κ2) is 5.57. The molecular weight excluding hydrogens is 258 g/mol. The molecule has 0 saturated heterocycles. The van der Waals surface area contributed by atoms with E-state index in [1.165, 1.54) is 17.3 Å². The van der Waals surface area contributed by atoms with Crippen molar-refractivity contribution in [3.63, 3.8) is 0 Å². The van der Waals surface area contributed by atoms with Crippen LogP contribution in [0.25, 0.3) is 0 Å². The van der Waals surface area contributed by atoms with E-state index >= 15 is 0 Å². The van der Waals surface area contributed by atoms with E-state index in [0.717, 1.165) is 16.3 Å². The van der Waals surface area contributed by atoms with Gasteiger partial charge in [0, 0.05) is 12.6 Å². The van der Waals surface area contributed by atoms with Gasteiger partial charge in [0.05, 0.1) is 5.25 Å². The van der Waals surface area contributed by atoms with Gasteiger partial charge in [-0.25, -0.2) is 0 Å². The van der Waals surface area contributed by atoms with Gasteiger partial charge in [0.15, 0.2) is 10.9 Å². The van der Waals surface area contributed by atoms with E-state index in [4.69, 9.17) is 0 Å². The van der Waals surface area contributed by atoms with Crippen molar-refractivity contribution in [3.05, 3.63) is 41.2 Å². The lowest BCUT2D eigenvalue weighted by atomic mass is 10.0. The molecule has 2 rings (SSSR count). The number of rotatable bonds is 4. The SMILES string of the molecule is Cc1ccc(C(=O)[C@@H](C)Sc2nncn2C)cc1C. The zero-order chi connectivity index (χ0) is 14.0. The molecule has 19 heavy (non-hydrogen) atoms. The Morgan fingerprint density at radius 1 is 1.32 bits per heavy atom. The fourth-order valence-electron chi connectivity index (χ4n) is 1.72.